The van der Waals surface area contributed by atoms with Crippen molar-refractivity contribution in [1.29, 1.82) is 0 Å². The van der Waals surface area contributed by atoms with Crippen LogP contribution in [0.15, 0.2) is 24.4 Å². The van der Waals surface area contributed by atoms with Crippen LogP contribution in [-0.4, -0.2) is 42.0 Å². The molecule has 2 heterocycles. The molecule has 3 atom stereocenters. The number of benzene rings is 1. The molecule has 0 radical (unpaired) electrons. The minimum Gasteiger partial charge on any atom is -0.361 e. The van der Waals surface area contributed by atoms with Gasteiger partial charge in [-0.05, 0) is 43.0 Å². The van der Waals surface area contributed by atoms with Crippen LogP contribution in [-0.2, 0) is 11.2 Å². The van der Waals surface area contributed by atoms with Gasteiger partial charge >= 0.3 is 0 Å². The van der Waals surface area contributed by atoms with Crippen molar-refractivity contribution in [2.75, 3.05) is 20.1 Å². The van der Waals surface area contributed by atoms with Crippen LogP contribution in [0.1, 0.15) is 30.4 Å². The SMILES string of the molecule is CC(=O)NCC1C[C@@H]2c3cccc4[nH]cc(c34)C[C@H]2N(C)C1. The van der Waals surface area contributed by atoms with E-state index < -0.39 is 0 Å². The highest BCUT2D eigenvalue weighted by Gasteiger charge is 2.39. The van der Waals surface area contributed by atoms with Crippen LogP contribution in [0.4, 0.5) is 0 Å². The Morgan fingerprint density at radius 2 is 2.32 bits per heavy atom. The Labute approximate surface area is 130 Å². The van der Waals surface area contributed by atoms with Gasteiger partial charge in [0.2, 0.25) is 5.91 Å². The van der Waals surface area contributed by atoms with Crippen molar-refractivity contribution >= 4 is 16.8 Å². The second kappa shape index (κ2) is 5.13. The molecule has 4 heteroatoms. The first kappa shape index (κ1) is 13.8. The largest absolute Gasteiger partial charge is 0.361 e. The second-order valence-corrected chi connectivity index (χ2v) is 6.94. The van der Waals surface area contributed by atoms with Gasteiger partial charge in [-0.15, -0.1) is 0 Å². The summed E-state index contributed by atoms with van der Waals surface area (Å²) in [4.78, 5) is 17.1. The molecule has 2 aliphatic rings. The van der Waals surface area contributed by atoms with Crippen molar-refractivity contribution in [3.8, 4) is 0 Å². The third kappa shape index (κ3) is 2.13. The molecule has 1 aliphatic heterocycles. The standard InChI is InChI=1S/C18H23N3O/c1-11(22)19-8-12-6-15-14-4-3-5-16-18(14)13(9-20-16)7-17(15)21(2)10-12/h3-5,9,12,15,17,20H,6-8,10H2,1-2H3,(H,19,22)/t12?,15-,17-/m1/s1. The molecule has 22 heavy (non-hydrogen) atoms. The highest BCUT2D eigenvalue weighted by molar-refractivity contribution is 5.88. The highest BCUT2D eigenvalue weighted by atomic mass is 16.1. The summed E-state index contributed by atoms with van der Waals surface area (Å²) in [5, 5.41) is 4.44. The summed E-state index contributed by atoms with van der Waals surface area (Å²) < 4.78 is 0. The Bertz CT molecular complexity index is 720. The number of nitrogens with one attached hydrogen (secondary N) is 2. The Morgan fingerprint density at radius 1 is 1.45 bits per heavy atom. The van der Waals surface area contributed by atoms with Crippen molar-refractivity contribution in [2.24, 2.45) is 5.92 Å². The van der Waals surface area contributed by atoms with Crippen LogP contribution in [0.3, 0.4) is 0 Å². The fourth-order valence-corrected chi connectivity index (χ4v) is 4.49. The predicted molar refractivity (Wildman–Crippen MR) is 88.0 cm³/mol. The van der Waals surface area contributed by atoms with Gasteiger partial charge in [0.05, 0.1) is 0 Å². The molecule has 1 saturated heterocycles. The number of hydrogen-bond acceptors (Lipinski definition) is 2. The molecular formula is C18H23N3O. The quantitative estimate of drug-likeness (QED) is 0.893. The van der Waals surface area contributed by atoms with Crippen LogP contribution in [0.5, 0.6) is 0 Å². The highest BCUT2D eigenvalue weighted by Crippen LogP contribution is 2.44. The average Bonchev–Trinajstić information content (AvgIpc) is 2.91. The molecular weight excluding hydrogens is 274 g/mol. The maximum Gasteiger partial charge on any atom is 0.216 e. The molecule has 1 aliphatic carbocycles. The summed E-state index contributed by atoms with van der Waals surface area (Å²) in [5.74, 6) is 1.18. The molecule has 1 aromatic carbocycles. The average molecular weight is 297 g/mol. The zero-order valence-corrected chi connectivity index (χ0v) is 13.2. The summed E-state index contributed by atoms with van der Waals surface area (Å²) in [6, 6.07) is 7.22. The topological polar surface area (TPSA) is 48.1 Å². The Balaban J connectivity index is 1.67. The smallest absolute Gasteiger partial charge is 0.216 e. The lowest BCUT2D eigenvalue weighted by molar-refractivity contribution is -0.119. The lowest BCUT2D eigenvalue weighted by Crippen LogP contribution is -2.50. The first-order valence-electron chi connectivity index (χ1n) is 8.17. The van der Waals surface area contributed by atoms with Crippen molar-refractivity contribution < 1.29 is 4.79 Å². The molecule has 1 fully saturated rings. The van der Waals surface area contributed by atoms with Gasteiger partial charge in [-0.25, -0.2) is 0 Å². The number of likely N-dealkylation sites (N-methyl/N-ethyl adjacent to an activating group) is 1. The molecule has 4 rings (SSSR count). The van der Waals surface area contributed by atoms with E-state index in [0.717, 1.165) is 19.5 Å². The fraction of sp³-hybridized carbons (Fsp3) is 0.500. The van der Waals surface area contributed by atoms with Gasteiger partial charge in [0.1, 0.15) is 0 Å². The number of nitrogens with zero attached hydrogens (tertiary/aromatic N) is 1. The summed E-state index contributed by atoms with van der Waals surface area (Å²) in [5.41, 5.74) is 4.21. The first-order chi connectivity index (χ1) is 10.6. The number of H-pyrrole nitrogens is 1. The minimum absolute atomic E-state index is 0.0726. The zero-order valence-electron chi connectivity index (χ0n) is 13.2. The van der Waals surface area contributed by atoms with E-state index in [1.807, 2.05) is 0 Å². The van der Waals surface area contributed by atoms with Crippen molar-refractivity contribution in [2.45, 2.75) is 31.7 Å². The molecule has 1 aromatic heterocycles. The number of rotatable bonds is 2. The van der Waals surface area contributed by atoms with Crippen molar-refractivity contribution in [3.63, 3.8) is 0 Å². The fourth-order valence-electron chi connectivity index (χ4n) is 4.49. The minimum atomic E-state index is 0.0726. The molecule has 1 amide bonds. The van der Waals surface area contributed by atoms with Gasteiger partial charge < -0.3 is 15.2 Å². The van der Waals surface area contributed by atoms with E-state index in [-0.39, 0.29) is 5.91 Å². The van der Waals surface area contributed by atoms with Gasteiger partial charge in [0.25, 0.3) is 0 Å². The zero-order chi connectivity index (χ0) is 15.3. The molecule has 0 saturated carbocycles. The molecule has 116 valence electrons. The van der Waals surface area contributed by atoms with Crippen molar-refractivity contribution in [3.05, 3.63) is 35.5 Å². The Morgan fingerprint density at radius 3 is 3.14 bits per heavy atom. The maximum atomic E-state index is 11.2. The number of amides is 1. The van der Waals surface area contributed by atoms with Gasteiger partial charge in [0.15, 0.2) is 0 Å². The molecule has 0 spiro atoms. The number of piperidine rings is 1. The first-order valence-corrected chi connectivity index (χ1v) is 8.17. The summed E-state index contributed by atoms with van der Waals surface area (Å²) in [6.07, 6.45) is 4.48. The van der Waals surface area contributed by atoms with Gasteiger partial charge in [-0.1, -0.05) is 12.1 Å². The van der Waals surface area contributed by atoms with E-state index in [1.54, 1.807) is 6.92 Å². The third-order valence-corrected chi connectivity index (χ3v) is 5.45. The summed E-state index contributed by atoms with van der Waals surface area (Å²) >= 11 is 0. The molecule has 0 bridgehead atoms. The van der Waals surface area contributed by atoms with E-state index in [0.29, 0.717) is 17.9 Å². The van der Waals surface area contributed by atoms with Crippen LogP contribution >= 0.6 is 0 Å². The van der Waals surface area contributed by atoms with Crippen LogP contribution in [0.25, 0.3) is 10.9 Å². The molecule has 4 nitrogen and oxygen atoms in total. The molecule has 1 unspecified atom stereocenters. The number of aromatic nitrogens is 1. The monoisotopic (exact) mass is 297 g/mol. The van der Waals surface area contributed by atoms with E-state index in [2.05, 4.69) is 46.6 Å². The Hall–Kier alpha value is -1.81. The van der Waals surface area contributed by atoms with E-state index in [4.69, 9.17) is 0 Å². The van der Waals surface area contributed by atoms with E-state index in [9.17, 15) is 4.79 Å². The van der Waals surface area contributed by atoms with Crippen LogP contribution < -0.4 is 5.32 Å². The molecule has 2 N–H and O–H groups in total. The summed E-state index contributed by atoms with van der Waals surface area (Å²) in [7, 11) is 2.23. The number of carbonyl (C=O) groups is 1. The third-order valence-electron chi connectivity index (χ3n) is 5.45. The molecule has 2 aromatic rings. The van der Waals surface area contributed by atoms with Crippen LogP contribution in [0.2, 0.25) is 0 Å². The van der Waals surface area contributed by atoms with E-state index in [1.165, 1.54) is 28.5 Å². The van der Waals surface area contributed by atoms with Crippen LogP contribution in [0, 0.1) is 5.92 Å². The lowest BCUT2D eigenvalue weighted by atomic mass is 9.72. The van der Waals surface area contributed by atoms with Gasteiger partial charge in [0, 0.05) is 49.1 Å². The number of aromatic amines is 1. The van der Waals surface area contributed by atoms with Crippen molar-refractivity contribution in [1.82, 2.24) is 15.2 Å². The number of hydrogen-bond donors (Lipinski definition) is 2. The number of carbonyl (C=O) groups excluding carboxylic acids is 1. The number of likely N-dealkylation sites (tertiary alicyclic amines) is 1. The Kier molecular flexibility index (Phi) is 3.22. The predicted octanol–water partition coefficient (Wildman–Crippen LogP) is 2.26. The summed E-state index contributed by atoms with van der Waals surface area (Å²) in [6.45, 7) is 3.46. The number of fused-ring (bicyclic) bond motifs is 2. The lowest BCUT2D eigenvalue weighted by Gasteiger charge is -2.45. The van der Waals surface area contributed by atoms with Gasteiger partial charge in [-0.2, -0.15) is 0 Å². The van der Waals surface area contributed by atoms with E-state index >= 15 is 0 Å². The normalized spacial score (nSPS) is 27.6. The van der Waals surface area contributed by atoms with Gasteiger partial charge in [-0.3, -0.25) is 4.79 Å². The second-order valence-electron chi connectivity index (χ2n) is 6.94. The maximum absolute atomic E-state index is 11.2.